The molecule has 0 radical (unpaired) electrons. The van der Waals surface area contributed by atoms with Crippen LogP contribution >= 0.6 is 0 Å². The second-order valence-corrected chi connectivity index (χ2v) is 6.11. The number of hydrogen-bond donors (Lipinski definition) is 1. The highest BCUT2D eigenvalue weighted by molar-refractivity contribution is 5.84. The molecule has 0 fully saturated rings. The zero-order chi connectivity index (χ0) is 17.1. The fourth-order valence-electron chi connectivity index (χ4n) is 3.33. The Balaban J connectivity index is 2.03. The molecule has 1 aliphatic heterocycles. The molecule has 1 amide bonds. The summed E-state index contributed by atoms with van der Waals surface area (Å²) in [5, 5.41) is 2.91. The van der Waals surface area contributed by atoms with E-state index in [4.69, 9.17) is 4.74 Å². The Kier molecular flexibility index (Phi) is 4.70. The number of hydrogen-bond acceptors (Lipinski definition) is 2. The fourth-order valence-corrected chi connectivity index (χ4v) is 3.33. The zero-order valence-electron chi connectivity index (χ0n) is 14.3. The van der Waals surface area contributed by atoms with Gasteiger partial charge in [0, 0.05) is 18.5 Å². The Hall–Kier alpha value is -2.55. The van der Waals surface area contributed by atoms with Crippen molar-refractivity contribution in [2.75, 3.05) is 6.54 Å². The van der Waals surface area contributed by atoms with E-state index in [0.29, 0.717) is 6.54 Å². The quantitative estimate of drug-likeness (QED) is 0.709. The summed E-state index contributed by atoms with van der Waals surface area (Å²) in [7, 11) is 0. The van der Waals surface area contributed by atoms with Crippen LogP contribution in [0.25, 0.3) is 0 Å². The average Bonchev–Trinajstić information content (AvgIpc) is 2.62. The molecular weight excluding hydrogens is 298 g/mol. The highest BCUT2D eigenvalue weighted by atomic mass is 16.5. The minimum atomic E-state index is -0.219. The molecule has 1 heterocycles. The highest BCUT2D eigenvalue weighted by Crippen LogP contribution is 2.41. The summed E-state index contributed by atoms with van der Waals surface area (Å²) in [6.45, 7) is 8.23. The Morgan fingerprint density at radius 3 is 2.83 bits per heavy atom. The van der Waals surface area contributed by atoms with Gasteiger partial charge in [0.25, 0.3) is 0 Å². The molecule has 0 bridgehead atoms. The van der Waals surface area contributed by atoms with Crippen molar-refractivity contribution < 1.29 is 9.53 Å². The van der Waals surface area contributed by atoms with Crippen LogP contribution in [-0.2, 0) is 17.6 Å². The number of carbonyl (C=O) groups is 1. The lowest BCUT2D eigenvalue weighted by atomic mass is 9.85. The monoisotopic (exact) mass is 321 g/mol. The molecule has 0 saturated carbocycles. The van der Waals surface area contributed by atoms with Crippen molar-refractivity contribution in [2.45, 2.75) is 32.6 Å². The first-order chi connectivity index (χ1) is 11.7. The van der Waals surface area contributed by atoms with E-state index >= 15 is 0 Å². The van der Waals surface area contributed by atoms with Crippen LogP contribution in [0.4, 0.5) is 0 Å². The second-order valence-electron chi connectivity index (χ2n) is 6.11. The van der Waals surface area contributed by atoms with Crippen LogP contribution in [0.15, 0.2) is 49.1 Å². The largest absolute Gasteiger partial charge is 0.457 e. The molecular formula is C21H23NO2. The van der Waals surface area contributed by atoms with Crippen molar-refractivity contribution in [1.82, 2.24) is 5.32 Å². The summed E-state index contributed by atoms with van der Waals surface area (Å²) in [5.74, 6) is 1.58. The van der Waals surface area contributed by atoms with Crippen molar-refractivity contribution in [3.05, 3.63) is 71.3 Å². The molecule has 3 nitrogen and oxygen atoms in total. The maximum atomic E-state index is 12.5. The fraction of sp³-hybridized carbons (Fsp3) is 0.286. The van der Waals surface area contributed by atoms with Crippen LogP contribution in [0.3, 0.4) is 0 Å². The van der Waals surface area contributed by atoms with Crippen molar-refractivity contribution in [1.29, 1.82) is 0 Å². The predicted octanol–water partition coefficient (Wildman–Crippen LogP) is 4.35. The maximum absolute atomic E-state index is 12.5. The van der Waals surface area contributed by atoms with Crippen molar-refractivity contribution in [3.8, 4) is 11.5 Å². The smallest absolute Gasteiger partial charge is 0.227 e. The van der Waals surface area contributed by atoms with Crippen molar-refractivity contribution >= 4 is 5.91 Å². The molecule has 3 heteroatoms. The Bertz CT molecular complexity index is 779. The van der Waals surface area contributed by atoms with Gasteiger partial charge in [-0.2, -0.15) is 0 Å². The van der Waals surface area contributed by atoms with Gasteiger partial charge in [0.15, 0.2) is 0 Å². The topological polar surface area (TPSA) is 38.3 Å². The van der Waals surface area contributed by atoms with Crippen LogP contribution in [-0.4, -0.2) is 12.5 Å². The van der Waals surface area contributed by atoms with E-state index < -0.39 is 0 Å². The maximum Gasteiger partial charge on any atom is 0.227 e. The Labute approximate surface area is 143 Å². The minimum Gasteiger partial charge on any atom is -0.457 e. The lowest BCUT2D eigenvalue weighted by Crippen LogP contribution is -2.29. The zero-order valence-corrected chi connectivity index (χ0v) is 14.3. The molecule has 2 aromatic carbocycles. The van der Waals surface area contributed by atoms with Gasteiger partial charge in [0.2, 0.25) is 5.91 Å². The summed E-state index contributed by atoms with van der Waals surface area (Å²) in [6.07, 6.45) is 3.39. The van der Waals surface area contributed by atoms with E-state index in [0.717, 1.165) is 35.5 Å². The number of carbonyl (C=O) groups excluding carboxylic acids is 1. The van der Waals surface area contributed by atoms with Gasteiger partial charge in [-0.05, 0) is 42.2 Å². The molecule has 124 valence electrons. The van der Waals surface area contributed by atoms with Crippen molar-refractivity contribution in [3.63, 3.8) is 0 Å². The third-order valence-electron chi connectivity index (χ3n) is 4.59. The van der Waals surface area contributed by atoms with Crippen LogP contribution in [0.5, 0.6) is 11.5 Å². The lowest BCUT2D eigenvalue weighted by molar-refractivity contribution is -0.122. The Morgan fingerprint density at radius 1 is 1.29 bits per heavy atom. The number of fused-ring (bicyclic) bond motifs is 2. The summed E-state index contributed by atoms with van der Waals surface area (Å²) < 4.78 is 6.08. The third-order valence-corrected chi connectivity index (χ3v) is 4.59. The number of para-hydroxylation sites is 1. The van der Waals surface area contributed by atoms with Gasteiger partial charge in [0.1, 0.15) is 11.5 Å². The number of rotatable bonds is 5. The highest BCUT2D eigenvalue weighted by Gasteiger charge is 2.26. The molecule has 3 rings (SSSR count). The molecule has 1 unspecified atom stereocenters. The Morgan fingerprint density at radius 2 is 2.08 bits per heavy atom. The summed E-state index contributed by atoms with van der Waals surface area (Å²) in [4.78, 5) is 12.5. The SMILES string of the molecule is C=CCNC(=O)C(C)c1c(CC)ccc2c1Cc1ccccc1O2. The van der Waals surface area contributed by atoms with Crippen molar-refractivity contribution in [2.24, 2.45) is 0 Å². The van der Waals surface area contributed by atoms with Gasteiger partial charge in [-0.25, -0.2) is 0 Å². The lowest BCUT2D eigenvalue weighted by Gasteiger charge is -2.26. The van der Waals surface area contributed by atoms with Crippen LogP contribution in [0.1, 0.15) is 42.0 Å². The predicted molar refractivity (Wildman–Crippen MR) is 96.8 cm³/mol. The number of aryl methyl sites for hydroxylation is 1. The normalized spacial score (nSPS) is 13.2. The van der Waals surface area contributed by atoms with Crippen LogP contribution in [0, 0.1) is 0 Å². The third kappa shape index (κ3) is 2.94. The first-order valence-corrected chi connectivity index (χ1v) is 8.44. The van der Waals surface area contributed by atoms with Gasteiger partial charge in [-0.15, -0.1) is 6.58 Å². The molecule has 0 aromatic heterocycles. The van der Waals surface area contributed by atoms with E-state index in [-0.39, 0.29) is 11.8 Å². The number of ether oxygens (including phenoxy) is 1. The van der Waals surface area contributed by atoms with E-state index in [2.05, 4.69) is 31.0 Å². The van der Waals surface area contributed by atoms with Gasteiger partial charge < -0.3 is 10.1 Å². The minimum absolute atomic E-state index is 0.0249. The molecule has 2 aromatic rings. The molecule has 1 N–H and O–H groups in total. The number of nitrogens with one attached hydrogen (secondary N) is 1. The van der Waals surface area contributed by atoms with Crippen LogP contribution in [0.2, 0.25) is 0 Å². The van der Waals surface area contributed by atoms with Gasteiger partial charge in [0.05, 0.1) is 5.92 Å². The van der Waals surface area contributed by atoms with Gasteiger partial charge in [-0.3, -0.25) is 4.79 Å². The molecule has 0 spiro atoms. The van der Waals surface area contributed by atoms with E-state index in [1.54, 1.807) is 6.08 Å². The van der Waals surface area contributed by atoms with Gasteiger partial charge in [-0.1, -0.05) is 37.3 Å². The summed E-state index contributed by atoms with van der Waals surface area (Å²) in [6, 6.07) is 12.2. The molecule has 0 aliphatic carbocycles. The first-order valence-electron chi connectivity index (χ1n) is 8.44. The van der Waals surface area contributed by atoms with E-state index in [1.165, 1.54) is 11.1 Å². The molecule has 24 heavy (non-hydrogen) atoms. The second kappa shape index (κ2) is 6.91. The molecule has 0 saturated heterocycles. The number of amides is 1. The number of benzene rings is 2. The van der Waals surface area contributed by atoms with E-state index in [1.807, 2.05) is 31.2 Å². The van der Waals surface area contributed by atoms with Crippen LogP contribution < -0.4 is 10.1 Å². The first kappa shape index (κ1) is 16.3. The molecule has 1 atom stereocenters. The summed E-state index contributed by atoms with van der Waals surface area (Å²) >= 11 is 0. The van der Waals surface area contributed by atoms with E-state index in [9.17, 15) is 4.79 Å². The van der Waals surface area contributed by atoms with Gasteiger partial charge >= 0.3 is 0 Å². The molecule has 1 aliphatic rings. The average molecular weight is 321 g/mol. The summed E-state index contributed by atoms with van der Waals surface area (Å²) in [5.41, 5.74) is 4.61. The standard InChI is InChI=1S/C21H23NO2/c1-4-12-22-21(23)14(3)20-15(5-2)10-11-19-17(20)13-16-8-6-7-9-18(16)24-19/h4,6-11,14H,1,5,12-13H2,2-3H3,(H,22,23).